The Kier molecular flexibility index (Phi) is 7.43. The van der Waals surface area contributed by atoms with Gasteiger partial charge in [0.15, 0.2) is 0 Å². The minimum atomic E-state index is -0.0702. The third-order valence-electron chi connectivity index (χ3n) is 11.7. The van der Waals surface area contributed by atoms with Crippen molar-refractivity contribution in [1.82, 2.24) is 9.55 Å². The second-order valence-corrected chi connectivity index (χ2v) is 15.1. The Balaban J connectivity index is 1.04. The van der Waals surface area contributed by atoms with Crippen LogP contribution in [0.15, 0.2) is 170 Å². The molecule has 0 amide bonds. The quantitative estimate of drug-likeness (QED) is 0.174. The Hall–Kier alpha value is -6.19. The normalized spacial score (nSPS) is 17.1. The van der Waals surface area contributed by atoms with Crippen LogP contribution in [0.1, 0.15) is 49.8 Å². The number of benzene rings is 5. The molecule has 10 rings (SSSR count). The fourth-order valence-corrected chi connectivity index (χ4v) is 8.97. The largest absolute Gasteiger partial charge is 0.334 e. The standard InChI is InChI=1S/C50H41N3/c1-50(2)46-16-8-6-14-42(46)43-28-27-41(32-47(43)50)52(40-25-20-35(21-26-40)37-11-10-30-51-33-37)39-23-18-34(19-24-39)36-22-29-49-45(31-36)44-15-7-9-17-48(44)53(49)38-12-4-3-5-13-38/h3-4,6-12,14-25,27-33,40H,5,13,26H2,1-2H3. The van der Waals surface area contributed by atoms with E-state index in [2.05, 4.69) is 180 Å². The summed E-state index contributed by atoms with van der Waals surface area (Å²) in [6, 6.07) is 45.3. The lowest BCUT2D eigenvalue weighted by Crippen LogP contribution is -2.30. The number of hydrogen-bond donors (Lipinski definition) is 0. The lowest BCUT2D eigenvalue weighted by Gasteiger charge is -2.34. The fraction of sp³-hybridized carbons (Fsp3) is 0.140. The zero-order chi connectivity index (χ0) is 35.5. The van der Waals surface area contributed by atoms with Crippen LogP contribution in [0, 0.1) is 0 Å². The van der Waals surface area contributed by atoms with Crippen LogP contribution >= 0.6 is 0 Å². The second kappa shape index (κ2) is 12.5. The average Bonchev–Trinajstić information content (AvgIpc) is 3.67. The molecule has 7 aromatic rings. The van der Waals surface area contributed by atoms with Gasteiger partial charge in [0.05, 0.1) is 17.1 Å². The highest BCUT2D eigenvalue weighted by atomic mass is 15.2. The molecule has 1 atom stereocenters. The Labute approximate surface area is 311 Å². The highest BCUT2D eigenvalue weighted by Crippen LogP contribution is 2.50. The van der Waals surface area contributed by atoms with E-state index >= 15 is 0 Å². The first-order valence-corrected chi connectivity index (χ1v) is 18.9. The Morgan fingerprint density at radius 1 is 0.698 bits per heavy atom. The molecular weight excluding hydrogens is 643 g/mol. The summed E-state index contributed by atoms with van der Waals surface area (Å²) in [4.78, 5) is 6.90. The number of para-hydroxylation sites is 1. The molecule has 0 bridgehead atoms. The molecule has 2 aromatic heterocycles. The molecule has 2 heterocycles. The first-order valence-electron chi connectivity index (χ1n) is 18.9. The summed E-state index contributed by atoms with van der Waals surface area (Å²) < 4.78 is 2.46. The van der Waals surface area contributed by atoms with Gasteiger partial charge in [-0.1, -0.05) is 117 Å². The first kappa shape index (κ1) is 31.5. The van der Waals surface area contributed by atoms with E-state index in [-0.39, 0.29) is 11.5 Å². The van der Waals surface area contributed by atoms with E-state index in [0.29, 0.717) is 0 Å². The molecule has 0 radical (unpaired) electrons. The summed E-state index contributed by atoms with van der Waals surface area (Å²) in [5.41, 5.74) is 16.5. The van der Waals surface area contributed by atoms with Crippen LogP contribution < -0.4 is 4.90 Å². The number of anilines is 2. The molecule has 3 aliphatic carbocycles. The third-order valence-corrected chi connectivity index (χ3v) is 11.7. The highest BCUT2D eigenvalue weighted by molar-refractivity contribution is 6.11. The van der Waals surface area contributed by atoms with Gasteiger partial charge in [-0.3, -0.25) is 4.98 Å². The number of allylic oxidation sites excluding steroid dienone is 6. The van der Waals surface area contributed by atoms with E-state index < -0.39 is 0 Å². The molecule has 3 aliphatic rings. The van der Waals surface area contributed by atoms with Crippen molar-refractivity contribution in [2.75, 3.05) is 4.90 Å². The summed E-state index contributed by atoms with van der Waals surface area (Å²) in [6.07, 6.45) is 20.5. The van der Waals surface area contributed by atoms with Crippen LogP contribution in [0.5, 0.6) is 0 Å². The van der Waals surface area contributed by atoms with Gasteiger partial charge in [-0.15, -0.1) is 0 Å². The minimum Gasteiger partial charge on any atom is -0.334 e. The Morgan fingerprint density at radius 3 is 2.30 bits per heavy atom. The molecule has 0 spiro atoms. The molecule has 5 aromatic carbocycles. The van der Waals surface area contributed by atoms with Gasteiger partial charge in [0.25, 0.3) is 0 Å². The molecule has 3 nitrogen and oxygen atoms in total. The molecule has 0 saturated heterocycles. The van der Waals surface area contributed by atoms with E-state index in [0.717, 1.165) is 24.8 Å². The second-order valence-electron chi connectivity index (χ2n) is 15.1. The summed E-state index contributed by atoms with van der Waals surface area (Å²) in [6.45, 7) is 4.72. The van der Waals surface area contributed by atoms with E-state index in [4.69, 9.17) is 0 Å². The van der Waals surface area contributed by atoms with E-state index in [1.807, 2.05) is 18.5 Å². The number of hydrogen-bond acceptors (Lipinski definition) is 2. The van der Waals surface area contributed by atoms with Gasteiger partial charge >= 0.3 is 0 Å². The predicted molar refractivity (Wildman–Crippen MR) is 223 cm³/mol. The van der Waals surface area contributed by atoms with Crippen molar-refractivity contribution in [3.63, 3.8) is 0 Å². The van der Waals surface area contributed by atoms with E-state index in [1.165, 1.54) is 77.8 Å². The van der Waals surface area contributed by atoms with Crippen LogP contribution in [0.3, 0.4) is 0 Å². The van der Waals surface area contributed by atoms with Gasteiger partial charge in [-0.2, -0.15) is 0 Å². The van der Waals surface area contributed by atoms with Gasteiger partial charge in [0.2, 0.25) is 0 Å². The molecule has 0 fully saturated rings. The van der Waals surface area contributed by atoms with Crippen molar-refractivity contribution in [3.8, 4) is 22.3 Å². The Morgan fingerprint density at radius 2 is 1.49 bits per heavy atom. The number of nitrogens with zero attached hydrogens (tertiary/aromatic N) is 3. The van der Waals surface area contributed by atoms with Crippen molar-refractivity contribution in [1.29, 1.82) is 0 Å². The monoisotopic (exact) mass is 683 g/mol. The van der Waals surface area contributed by atoms with Gasteiger partial charge in [0, 0.05) is 45.7 Å². The number of rotatable bonds is 6. The number of aromatic nitrogens is 2. The number of pyridine rings is 1. The van der Waals surface area contributed by atoms with Crippen LogP contribution in [-0.4, -0.2) is 15.6 Å². The minimum absolute atomic E-state index is 0.0702. The van der Waals surface area contributed by atoms with Crippen molar-refractivity contribution >= 4 is 44.5 Å². The van der Waals surface area contributed by atoms with Crippen LogP contribution in [-0.2, 0) is 5.41 Å². The molecule has 0 saturated carbocycles. The summed E-state index contributed by atoms with van der Waals surface area (Å²) in [5.74, 6) is 0. The van der Waals surface area contributed by atoms with Gasteiger partial charge in [-0.05, 0) is 118 Å². The molecule has 53 heavy (non-hydrogen) atoms. The van der Waals surface area contributed by atoms with Crippen LogP contribution in [0.25, 0.3) is 55.3 Å². The lowest BCUT2D eigenvalue weighted by atomic mass is 9.82. The number of fused-ring (bicyclic) bond motifs is 6. The van der Waals surface area contributed by atoms with Gasteiger partial charge in [-0.25, -0.2) is 0 Å². The molecule has 0 aliphatic heterocycles. The molecule has 256 valence electrons. The summed E-state index contributed by atoms with van der Waals surface area (Å²) >= 11 is 0. The van der Waals surface area contributed by atoms with Gasteiger partial charge < -0.3 is 9.47 Å². The van der Waals surface area contributed by atoms with Crippen molar-refractivity contribution in [2.45, 2.75) is 44.6 Å². The summed E-state index contributed by atoms with van der Waals surface area (Å²) in [7, 11) is 0. The van der Waals surface area contributed by atoms with Crippen molar-refractivity contribution in [2.24, 2.45) is 0 Å². The van der Waals surface area contributed by atoms with Crippen molar-refractivity contribution < 1.29 is 0 Å². The zero-order valence-electron chi connectivity index (χ0n) is 30.2. The maximum Gasteiger partial charge on any atom is 0.0560 e. The maximum atomic E-state index is 4.37. The van der Waals surface area contributed by atoms with Crippen molar-refractivity contribution in [3.05, 3.63) is 187 Å². The Bertz CT molecular complexity index is 2670. The molecule has 1 unspecified atom stereocenters. The van der Waals surface area contributed by atoms with Crippen LogP contribution in [0.2, 0.25) is 0 Å². The maximum absolute atomic E-state index is 4.37. The topological polar surface area (TPSA) is 21.1 Å². The van der Waals surface area contributed by atoms with Crippen LogP contribution in [0.4, 0.5) is 11.4 Å². The fourth-order valence-electron chi connectivity index (χ4n) is 8.97. The molecule has 3 heteroatoms. The zero-order valence-corrected chi connectivity index (χ0v) is 30.2. The van der Waals surface area contributed by atoms with E-state index in [9.17, 15) is 0 Å². The van der Waals surface area contributed by atoms with Gasteiger partial charge in [0.1, 0.15) is 0 Å². The molecule has 0 N–H and O–H groups in total. The third kappa shape index (κ3) is 5.22. The lowest BCUT2D eigenvalue weighted by molar-refractivity contribution is 0.659. The SMILES string of the molecule is CC1(C)c2ccccc2-c2ccc(N(c3ccc(-c4ccc5c(c4)c4ccccc4n5C4=CC=CCC4)cc3)C3C=CC(c4cccnc4)=CC3)cc21. The summed E-state index contributed by atoms with van der Waals surface area (Å²) in [5, 5.41) is 2.59. The molecular formula is C50H41N3. The first-order chi connectivity index (χ1) is 26.0. The average molecular weight is 684 g/mol. The predicted octanol–water partition coefficient (Wildman–Crippen LogP) is 12.9. The smallest absolute Gasteiger partial charge is 0.0560 e. The van der Waals surface area contributed by atoms with E-state index in [1.54, 1.807) is 0 Å². The highest BCUT2D eigenvalue weighted by Gasteiger charge is 2.36.